The number of hydrogen-bond donors (Lipinski definition) is 3. The highest BCUT2D eigenvalue weighted by Gasteiger charge is 2.13. The smallest absolute Gasteiger partial charge is 0.231 e. The Bertz CT molecular complexity index is 750. The van der Waals surface area contributed by atoms with Crippen LogP contribution >= 0.6 is 0 Å². The van der Waals surface area contributed by atoms with Crippen LogP contribution in [0.1, 0.15) is 17.2 Å². The number of guanidine groups is 1. The first-order chi connectivity index (χ1) is 12.2. The lowest BCUT2D eigenvalue weighted by Crippen LogP contribution is -2.39. The molecule has 132 valence electrons. The molecule has 0 saturated carbocycles. The molecule has 0 aromatic heterocycles. The van der Waals surface area contributed by atoms with Crippen molar-refractivity contribution in [2.75, 3.05) is 20.4 Å². The van der Waals surface area contributed by atoms with Crippen molar-refractivity contribution >= 4 is 5.96 Å². The zero-order valence-electron chi connectivity index (χ0n) is 13.8. The van der Waals surface area contributed by atoms with Gasteiger partial charge >= 0.3 is 0 Å². The van der Waals surface area contributed by atoms with Crippen LogP contribution in [0.25, 0.3) is 0 Å². The van der Waals surface area contributed by atoms with Gasteiger partial charge in [-0.2, -0.15) is 0 Å². The normalized spacial score (nSPS) is 14.3. The minimum absolute atomic E-state index is 0.247. The second kappa shape index (κ2) is 7.85. The lowest BCUT2D eigenvalue weighted by Gasteiger charge is -2.16. The highest BCUT2D eigenvalue weighted by molar-refractivity contribution is 5.79. The average Bonchev–Trinajstić information content (AvgIpc) is 3.10. The number of ether oxygens (including phenoxy) is 2. The Kier molecular flexibility index (Phi) is 5.35. The van der Waals surface area contributed by atoms with Crippen molar-refractivity contribution in [3.05, 3.63) is 59.4 Å². The SMILES string of the molecule is CN=C(NCc1ccc2c(c1)OCO2)NCC(O)c1ccc(F)cc1. The molecular formula is C18H20FN3O3. The molecule has 1 unspecified atom stereocenters. The highest BCUT2D eigenvalue weighted by Crippen LogP contribution is 2.32. The first-order valence-electron chi connectivity index (χ1n) is 7.92. The molecule has 3 N–H and O–H groups in total. The molecule has 2 aromatic rings. The molecule has 2 aromatic carbocycles. The first-order valence-corrected chi connectivity index (χ1v) is 7.92. The molecule has 0 radical (unpaired) electrons. The highest BCUT2D eigenvalue weighted by atomic mass is 19.1. The molecule has 7 heteroatoms. The Morgan fingerprint density at radius 1 is 1.16 bits per heavy atom. The zero-order valence-corrected chi connectivity index (χ0v) is 13.8. The van der Waals surface area contributed by atoms with Gasteiger partial charge in [-0.15, -0.1) is 0 Å². The van der Waals surface area contributed by atoms with Gasteiger partial charge in [0, 0.05) is 20.1 Å². The van der Waals surface area contributed by atoms with E-state index in [0.717, 1.165) is 17.1 Å². The Morgan fingerprint density at radius 3 is 2.68 bits per heavy atom. The molecule has 6 nitrogen and oxygen atoms in total. The molecule has 0 fully saturated rings. The van der Waals surface area contributed by atoms with E-state index in [-0.39, 0.29) is 19.2 Å². The summed E-state index contributed by atoms with van der Waals surface area (Å²) in [5.74, 6) is 1.70. The van der Waals surface area contributed by atoms with Crippen molar-refractivity contribution in [2.24, 2.45) is 4.99 Å². The predicted molar refractivity (Wildman–Crippen MR) is 92.1 cm³/mol. The number of nitrogens with zero attached hydrogens (tertiary/aromatic N) is 1. The quantitative estimate of drug-likeness (QED) is 0.571. The van der Waals surface area contributed by atoms with Crippen LogP contribution in [0.15, 0.2) is 47.5 Å². The fraction of sp³-hybridized carbons (Fsp3) is 0.278. The summed E-state index contributed by atoms with van der Waals surface area (Å²) in [5.41, 5.74) is 1.66. The largest absolute Gasteiger partial charge is 0.454 e. The van der Waals surface area contributed by atoms with Gasteiger partial charge in [-0.1, -0.05) is 18.2 Å². The van der Waals surface area contributed by atoms with Crippen LogP contribution in [0.5, 0.6) is 11.5 Å². The van der Waals surface area contributed by atoms with Crippen LogP contribution in [0.3, 0.4) is 0 Å². The maximum absolute atomic E-state index is 12.9. The summed E-state index contributed by atoms with van der Waals surface area (Å²) in [5, 5.41) is 16.4. The number of benzene rings is 2. The number of rotatable bonds is 5. The van der Waals surface area contributed by atoms with Gasteiger partial charge in [-0.25, -0.2) is 4.39 Å². The molecule has 1 aliphatic rings. The Morgan fingerprint density at radius 2 is 1.92 bits per heavy atom. The second-order valence-corrected chi connectivity index (χ2v) is 5.56. The van der Waals surface area contributed by atoms with Crippen LogP contribution in [-0.4, -0.2) is 31.5 Å². The average molecular weight is 345 g/mol. The van der Waals surface area contributed by atoms with Gasteiger partial charge in [-0.05, 0) is 35.4 Å². The zero-order chi connectivity index (χ0) is 17.6. The van der Waals surface area contributed by atoms with Gasteiger partial charge in [0.1, 0.15) is 5.82 Å². The molecule has 1 atom stereocenters. The second-order valence-electron chi connectivity index (χ2n) is 5.56. The van der Waals surface area contributed by atoms with E-state index in [1.165, 1.54) is 12.1 Å². The van der Waals surface area contributed by atoms with Gasteiger partial charge in [0.05, 0.1) is 6.10 Å². The molecule has 0 bridgehead atoms. The molecule has 0 saturated heterocycles. The minimum Gasteiger partial charge on any atom is -0.454 e. The topological polar surface area (TPSA) is 75.1 Å². The van der Waals surface area contributed by atoms with Crippen LogP contribution < -0.4 is 20.1 Å². The summed E-state index contributed by atoms with van der Waals surface area (Å²) in [4.78, 5) is 4.12. The lowest BCUT2D eigenvalue weighted by molar-refractivity contribution is 0.174. The Labute approximate surface area is 145 Å². The minimum atomic E-state index is -0.760. The Balaban J connectivity index is 1.50. The number of aliphatic imine (C=N–C) groups is 1. The summed E-state index contributed by atoms with van der Waals surface area (Å²) in [7, 11) is 1.65. The van der Waals surface area contributed by atoms with Crippen LogP contribution in [0.4, 0.5) is 4.39 Å². The maximum Gasteiger partial charge on any atom is 0.231 e. The van der Waals surface area contributed by atoms with Gasteiger partial charge in [0.25, 0.3) is 0 Å². The fourth-order valence-corrected chi connectivity index (χ4v) is 2.45. The first kappa shape index (κ1) is 17.0. The maximum atomic E-state index is 12.9. The third-order valence-corrected chi connectivity index (χ3v) is 3.84. The lowest BCUT2D eigenvalue weighted by atomic mass is 10.1. The van der Waals surface area contributed by atoms with E-state index in [0.29, 0.717) is 18.1 Å². The predicted octanol–water partition coefficient (Wildman–Crippen LogP) is 1.95. The van der Waals surface area contributed by atoms with Gasteiger partial charge < -0.3 is 25.2 Å². The number of hydrogen-bond acceptors (Lipinski definition) is 4. The van der Waals surface area contributed by atoms with E-state index in [1.807, 2.05) is 18.2 Å². The van der Waals surface area contributed by atoms with Crippen LogP contribution in [0, 0.1) is 5.82 Å². The van der Waals surface area contributed by atoms with E-state index in [1.54, 1.807) is 19.2 Å². The third kappa shape index (κ3) is 4.39. The molecule has 1 heterocycles. The summed E-state index contributed by atoms with van der Waals surface area (Å²) in [6, 6.07) is 11.5. The van der Waals surface area contributed by atoms with E-state index in [4.69, 9.17) is 9.47 Å². The summed E-state index contributed by atoms with van der Waals surface area (Å²) < 4.78 is 23.6. The number of halogens is 1. The fourth-order valence-electron chi connectivity index (χ4n) is 2.45. The summed E-state index contributed by atoms with van der Waals surface area (Å²) in [6.07, 6.45) is -0.760. The third-order valence-electron chi connectivity index (χ3n) is 3.84. The van der Waals surface area contributed by atoms with Crippen LogP contribution in [0.2, 0.25) is 0 Å². The number of nitrogens with one attached hydrogen (secondary N) is 2. The van der Waals surface area contributed by atoms with E-state index < -0.39 is 6.10 Å². The molecule has 1 aliphatic heterocycles. The monoisotopic (exact) mass is 345 g/mol. The van der Waals surface area contributed by atoms with Crippen molar-refractivity contribution in [3.8, 4) is 11.5 Å². The standard InChI is InChI=1S/C18H20FN3O3/c1-20-18(22-10-15(23)13-3-5-14(19)6-4-13)21-9-12-2-7-16-17(8-12)25-11-24-16/h2-8,15,23H,9-11H2,1H3,(H2,20,21,22). The van der Waals surface area contributed by atoms with Crippen molar-refractivity contribution in [1.82, 2.24) is 10.6 Å². The molecule has 25 heavy (non-hydrogen) atoms. The number of aliphatic hydroxyl groups is 1. The van der Waals surface area contributed by atoms with E-state index >= 15 is 0 Å². The van der Waals surface area contributed by atoms with Gasteiger partial charge in [-0.3, -0.25) is 4.99 Å². The molecule has 0 spiro atoms. The molecular weight excluding hydrogens is 325 g/mol. The van der Waals surface area contributed by atoms with E-state index in [2.05, 4.69) is 15.6 Å². The molecule has 3 rings (SSSR count). The van der Waals surface area contributed by atoms with Gasteiger partial charge in [0.2, 0.25) is 6.79 Å². The summed E-state index contributed by atoms with van der Waals surface area (Å²) >= 11 is 0. The van der Waals surface area contributed by atoms with E-state index in [9.17, 15) is 9.50 Å². The Hall–Kier alpha value is -2.80. The van der Waals surface area contributed by atoms with Crippen molar-refractivity contribution in [3.63, 3.8) is 0 Å². The molecule has 0 amide bonds. The summed E-state index contributed by atoms with van der Waals surface area (Å²) in [6.45, 7) is 1.05. The number of aliphatic hydroxyl groups excluding tert-OH is 1. The molecule has 0 aliphatic carbocycles. The van der Waals surface area contributed by atoms with Gasteiger partial charge in [0.15, 0.2) is 17.5 Å². The number of fused-ring (bicyclic) bond motifs is 1. The van der Waals surface area contributed by atoms with Crippen molar-refractivity contribution in [2.45, 2.75) is 12.6 Å². The van der Waals surface area contributed by atoms with Crippen LogP contribution in [-0.2, 0) is 6.54 Å². The van der Waals surface area contributed by atoms with Crippen molar-refractivity contribution in [1.29, 1.82) is 0 Å². The van der Waals surface area contributed by atoms with Crippen molar-refractivity contribution < 1.29 is 19.0 Å².